The van der Waals surface area contributed by atoms with Crippen LogP contribution in [0.3, 0.4) is 0 Å². The minimum atomic E-state index is 0. The molecular weight excluding hydrogens is 180 g/mol. The van der Waals surface area contributed by atoms with E-state index in [2.05, 4.69) is 45.0 Å². The van der Waals surface area contributed by atoms with Gasteiger partial charge >= 0.3 is 0 Å². The first-order valence-corrected chi connectivity index (χ1v) is 4.89. The lowest BCUT2D eigenvalue weighted by Crippen LogP contribution is -1.73. The monoisotopic (exact) mass is 200 g/mol. The molecule has 0 nitrogen and oxygen atoms in total. The number of halogens is 1. The number of aryl methyl sites for hydroxylation is 1. The summed E-state index contributed by atoms with van der Waals surface area (Å²) in [4.78, 5) is 0. The van der Waals surface area contributed by atoms with Crippen molar-refractivity contribution in [2.75, 3.05) is 0 Å². The van der Waals surface area contributed by atoms with E-state index in [0.717, 1.165) is 6.42 Å². The first kappa shape index (κ1) is 15.0. The van der Waals surface area contributed by atoms with Gasteiger partial charge in [0.05, 0.1) is 0 Å². The summed E-state index contributed by atoms with van der Waals surface area (Å²) >= 11 is 0. The highest BCUT2D eigenvalue weighted by Gasteiger charge is 1.79. The molecule has 0 aliphatic rings. The Morgan fingerprint density at radius 1 is 0.846 bits per heavy atom. The third kappa shape index (κ3) is 9.42. The maximum Gasteiger partial charge on any atom is -0.0307 e. The molecule has 1 rings (SSSR count). The molecule has 13 heavy (non-hydrogen) atoms. The van der Waals surface area contributed by atoms with Crippen molar-refractivity contribution in [2.24, 2.45) is 0 Å². The summed E-state index contributed by atoms with van der Waals surface area (Å²) < 4.78 is 0. The molecule has 0 aliphatic heterocycles. The van der Waals surface area contributed by atoms with Crippen molar-refractivity contribution < 1.29 is 0 Å². The summed E-state index contributed by atoms with van der Waals surface area (Å²) in [6.07, 6.45) is 3.78. The summed E-state index contributed by atoms with van der Waals surface area (Å²) in [6, 6.07) is 10.5. The molecule has 0 saturated carbocycles. The van der Waals surface area contributed by atoms with Crippen molar-refractivity contribution in [1.29, 1.82) is 0 Å². The minimum absolute atomic E-state index is 0. The molecule has 0 fully saturated rings. The van der Waals surface area contributed by atoms with Crippen molar-refractivity contribution in [1.82, 2.24) is 0 Å². The van der Waals surface area contributed by atoms with Crippen LogP contribution in [0, 0.1) is 0 Å². The Kier molecular flexibility index (Phi) is 13.3. The highest BCUT2D eigenvalue weighted by molar-refractivity contribution is 5.85. The van der Waals surface area contributed by atoms with Crippen LogP contribution in [-0.4, -0.2) is 0 Å². The quantitative estimate of drug-likeness (QED) is 0.661. The fourth-order valence-electron chi connectivity index (χ4n) is 0.714. The van der Waals surface area contributed by atoms with Gasteiger partial charge in [0.15, 0.2) is 0 Å². The smallest absolute Gasteiger partial charge is 0.0307 e. The van der Waals surface area contributed by atoms with E-state index in [4.69, 9.17) is 0 Å². The third-order valence-electron chi connectivity index (χ3n) is 1.75. The van der Waals surface area contributed by atoms with E-state index in [1.54, 1.807) is 0 Å². The molecule has 0 saturated heterocycles. The average Bonchev–Trinajstić information content (AvgIpc) is 2.19. The van der Waals surface area contributed by atoms with Gasteiger partial charge in [0.2, 0.25) is 0 Å². The van der Waals surface area contributed by atoms with Gasteiger partial charge in [-0.1, -0.05) is 63.9 Å². The van der Waals surface area contributed by atoms with Crippen LogP contribution in [0.1, 0.15) is 39.2 Å². The number of rotatable bonds is 2. The molecule has 0 bridgehead atoms. The van der Waals surface area contributed by atoms with Crippen molar-refractivity contribution in [3.63, 3.8) is 0 Å². The zero-order valence-corrected chi connectivity index (χ0v) is 9.73. The second kappa shape index (κ2) is 11.5. The molecule has 1 heteroatoms. The molecule has 0 N–H and O–H groups in total. The van der Waals surface area contributed by atoms with E-state index in [0.29, 0.717) is 0 Å². The minimum Gasteiger partial charge on any atom is -0.147 e. The Balaban J connectivity index is 0. The number of hydrogen-bond acceptors (Lipinski definition) is 0. The fourth-order valence-corrected chi connectivity index (χ4v) is 0.714. The van der Waals surface area contributed by atoms with Crippen LogP contribution in [-0.2, 0) is 6.42 Å². The molecule has 0 unspecified atom stereocenters. The largest absolute Gasteiger partial charge is 0.147 e. The standard InChI is InChI=1S/C8H10.C4H10.ClH/c1-2-8-6-4-3-5-7-8;1-3-4-2;/h3-7H,2H2,1H3;3-4H2,1-2H3;1H. The van der Waals surface area contributed by atoms with Crippen molar-refractivity contribution in [3.8, 4) is 0 Å². The normalized spacial score (nSPS) is 7.92. The maximum absolute atomic E-state index is 2.18. The Hall–Kier alpha value is -0.490. The van der Waals surface area contributed by atoms with Gasteiger partial charge < -0.3 is 0 Å². The van der Waals surface area contributed by atoms with Crippen LogP contribution >= 0.6 is 12.4 Å². The van der Waals surface area contributed by atoms with E-state index < -0.39 is 0 Å². The van der Waals surface area contributed by atoms with Gasteiger partial charge in [-0.15, -0.1) is 12.4 Å². The van der Waals surface area contributed by atoms with Gasteiger partial charge in [0.25, 0.3) is 0 Å². The van der Waals surface area contributed by atoms with Crippen LogP contribution in [0.15, 0.2) is 30.3 Å². The zero-order chi connectivity index (χ0) is 9.23. The highest BCUT2D eigenvalue weighted by Crippen LogP contribution is 1.96. The van der Waals surface area contributed by atoms with Gasteiger partial charge in [0, 0.05) is 0 Å². The van der Waals surface area contributed by atoms with Crippen molar-refractivity contribution in [2.45, 2.75) is 40.0 Å². The van der Waals surface area contributed by atoms with Crippen LogP contribution in [0.5, 0.6) is 0 Å². The second-order valence-corrected chi connectivity index (χ2v) is 2.84. The van der Waals surface area contributed by atoms with Crippen molar-refractivity contribution >= 4 is 12.4 Å². The Morgan fingerprint density at radius 2 is 1.31 bits per heavy atom. The molecule has 0 aliphatic carbocycles. The predicted octanol–water partition coefficient (Wildman–Crippen LogP) is 4.48. The lowest BCUT2D eigenvalue weighted by atomic mass is 10.2. The molecule has 0 radical (unpaired) electrons. The molecule has 0 aromatic heterocycles. The van der Waals surface area contributed by atoms with E-state index in [1.165, 1.54) is 18.4 Å². The summed E-state index contributed by atoms with van der Waals surface area (Å²) in [6.45, 7) is 6.52. The van der Waals surface area contributed by atoms with Gasteiger partial charge in [0.1, 0.15) is 0 Å². The Bertz CT molecular complexity index is 168. The van der Waals surface area contributed by atoms with Gasteiger partial charge in [-0.2, -0.15) is 0 Å². The predicted molar refractivity (Wildman–Crippen MR) is 63.7 cm³/mol. The van der Waals surface area contributed by atoms with E-state index >= 15 is 0 Å². The molecule has 0 atom stereocenters. The number of hydrogen-bond donors (Lipinski definition) is 0. The van der Waals surface area contributed by atoms with Crippen LogP contribution in [0.2, 0.25) is 0 Å². The molecular formula is C12H21Cl. The Labute approximate surface area is 88.8 Å². The SMILES string of the molecule is CCCC.CCc1ccccc1.Cl. The van der Waals surface area contributed by atoms with Crippen LogP contribution in [0.4, 0.5) is 0 Å². The molecule has 0 amide bonds. The number of benzene rings is 1. The highest BCUT2D eigenvalue weighted by atomic mass is 35.5. The van der Waals surface area contributed by atoms with Gasteiger partial charge in [-0.3, -0.25) is 0 Å². The van der Waals surface area contributed by atoms with Crippen LogP contribution < -0.4 is 0 Å². The molecule has 1 aromatic carbocycles. The lowest BCUT2D eigenvalue weighted by molar-refractivity contribution is 0.886. The lowest BCUT2D eigenvalue weighted by Gasteiger charge is -1.89. The summed E-state index contributed by atoms with van der Waals surface area (Å²) in [5.74, 6) is 0. The topological polar surface area (TPSA) is 0 Å². The Morgan fingerprint density at radius 3 is 1.54 bits per heavy atom. The summed E-state index contributed by atoms with van der Waals surface area (Å²) in [7, 11) is 0. The number of unbranched alkanes of at least 4 members (excludes halogenated alkanes) is 1. The van der Waals surface area contributed by atoms with E-state index in [-0.39, 0.29) is 12.4 Å². The van der Waals surface area contributed by atoms with E-state index in [1.807, 2.05) is 6.07 Å². The zero-order valence-electron chi connectivity index (χ0n) is 8.92. The van der Waals surface area contributed by atoms with E-state index in [9.17, 15) is 0 Å². The second-order valence-electron chi connectivity index (χ2n) is 2.84. The molecule has 0 spiro atoms. The first-order chi connectivity index (χ1) is 5.85. The maximum atomic E-state index is 2.18. The van der Waals surface area contributed by atoms with Crippen molar-refractivity contribution in [3.05, 3.63) is 35.9 Å². The molecule has 76 valence electrons. The van der Waals surface area contributed by atoms with Crippen LogP contribution in [0.25, 0.3) is 0 Å². The third-order valence-corrected chi connectivity index (χ3v) is 1.75. The molecule has 0 heterocycles. The fraction of sp³-hybridized carbons (Fsp3) is 0.500. The molecule has 1 aromatic rings. The van der Waals surface area contributed by atoms with Gasteiger partial charge in [-0.05, 0) is 12.0 Å². The average molecular weight is 201 g/mol. The summed E-state index contributed by atoms with van der Waals surface area (Å²) in [5, 5.41) is 0. The first-order valence-electron chi connectivity index (χ1n) is 4.89. The summed E-state index contributed by atoms with van der Waals surface area (Å²) in [5.41, 5.74) is 1.41. The van der Waals surface area contributed by atoms with Gasteiger partial charge in [-0.25, -0.2) is 0 Å².